The first-order chi connectivity index (χ1) is 46.5. The van der Waals surface area contributed by atoms with Crippen LogP contribution in [0.2, 0.25) is 109 Å². The molecule has 0 aliphatic carbocycles. The van der Waals surface area contributed by atoms with E-state index in [1.807, 2.05) is 85.8 Å². The molecule has 1 saturated heterocycles. The molecule has 0 radical (unpaired) electrons. The zero-order valence-electron chi connectivity index (χ0n) is 69.1. The van der Waals surface area contributed by atoms with Crippen LogP contribution in [0.15, 0.2) is 90.8 Å². The van der Waals surface area contributed by atoms with Crippen LogP contribution in [0.5, 0.6) is 11.5 Å². The molecule has 9 atom stereocenters. The molecule has 3 aromatic carbocycles. The summed E-state index contributed by atoms with van der Waals surface area (Å²) in [5.74, 6) is -2.11. The predicted octanol–water partition coefficient (Wildman–Crippen LogP) is 16.5. The Morgan fingerprint density at radius 3 is 1.40 bits per heavy atom. The first-order valence-corrected chi connectivity index (χ1v) is 54.5. The highest BCUT2D eigenvalue weighted by molar-refractivity contribution is 6.76. The molecule has 1 fully saturated rings. The molecular weight excluding hydrogens is 1400 g/mol. The van der Waals surface area contributed by atoms with Crippen molar-refractivity contribution in [1.82, 2.24) is 25.8 Å². The largest absolute Gasteiger partial charge is 0.545 e. The first kappa shape index (κ1) is 88.2. The molecule has 0 aromatic heterocycles. The van der Waals surface area contributed by atoms with Gasteiger partial charge in [0.1, 0.15) is 48.3 Å². The molecule has 25 heteroatoms. The number of alkyl carbamates (subject to hydrolysis) is 1. The van der Waals surface area contributed by atoms with Crippen LogP contribution >= 0.6 is 0 Å². The SMILES string of the molecule is CC1CN(C(=O)C(NC(=O)C(NC(=O)C2CC(O[Si](C)(C)C(C)(C)C)=CN2C(=O)C(Cc2ccc(O[Si](C)(C)C(C)(C)C)cc2)NC(=O)OCc2ccccc2)C(Cc2ccc(O[Si](C)(C)C(C)(C)C)cc2)O[Si](C)(C)C(C)(C)C)C(C)O[Si](C)(C)C(C)(C)C)C(C(N)=O)C1O[Si](C)(C)C(C)(C)C. The van der Waals surface area contributed by atoms with E-state index in [1.165, 1.54) is 9.80 Å². The molecule has 5 rings (SSSR count). The number of amides is 6. The smallest absolute Gasteiger partial charge is 0.408 e. The fourth-order valence-corrected chi connectivity index (χ4v) is 18.0. The van der Waals surface area contributed by atoms with E-state index in [-0.39, 0.29) is 63.5 Å². The third-order valence-electron chi connectivity index (χ3n) is 23.7. The maximum Gasteiger partial charge on any atom is 0.408 e. The van der Waals surface area contributed by atoms with Crippen LogP contribution in [0.25, 0.3) is 0 Å². The van der Waals surface area contributed by atoms with E-state index in [9.17, 15) is 9.59 Å². The lowest BCUT2D eigenvalue weighted by Crippen LogP contribution is -2.65. The summed E-state index contributed by atoms with van der Waals surface area (Å²) in [5, 5.41) is 7.76. The van der Waals surface area contributed by atoms with Crippen molar-refractivity contribution in [2.24, 2.45) is 11.7 Å². The van der Waals surface area contributed by atoms with Crippen molar-refractivity contribution in [2.75, 3.05) is 6.54 Å². The van der Waals surface area contributed by atoms with Crippen LogP contribution < -0.4 is 30.5 Å². The van der Waals surface area contributed by atoms with Crippen LogP contribution in [-0.2, 0) is 65.9 Å². The second-order valence-electron chi connectivity index (χ2n) is 38.2. The Balaban J connectivity index is 1.77. The molecule has 0 saturated carbocycles. The fraction of sp³-hybridized carbons (Fsp3) is 0.667. The Morgan fingerprint density at radius 2 is 0.951 bits per heavy atom. The van der Waals surface area contributed by atoms with Crippen LogP contribution in [0.3, 0.4) is 0 Å². The molecule has 3 aromatic rings. The summed E-state index contributed by atoms with van der Waals surface area (Å²) >= 11 is 0. The summed E-state index contributed by atoms with van der Waals surface area (Å²) in [6, 6.07) is 17.5. The Morgan fingerprint density at radius 1 is 0.515 bits per heavy atom. The number of hydrogen-bond acceptors (Lipinski definition) is 13. The molecule has 5 N–H and O–H groups in total. The first-order valence-electron chi connectivity index (χ1n) is 37.0. The van der Waals surface area contributed by atoms with Gasteiger partial charge in [-0.3, -0.25) is 24.0 Å². The normalized spacial score (nSPS) is 19.3. The van der Waals surface area contributed by atoms with Gasteiger partial charge in [-0.05, 0) is 163 Å². The summed E-state index contributed by atoms with van der Waals surface area (Å²) < 4.78 is 47.8. The highest BCUT2D eigenvalue weighted by Crippen LogP contribution is 2.45. The van der Waals surface area contributed by atoms with Crippen LogP contribution in [0.4, 0.5) is 4.79 Å². The predicted molar refractivity (Wildman–Crippen MR) is 431 cm³/mol. The van der Waals surface area contributed by atoms with Crippen LogP contribution in [0, 0.1) is 5.92 Å². The van der Waals surface area contributed by atoms with Gasteiger partial charge >= 0.3 is 6.09 Å². The van der Waals surface area contributed by atoms with Gasteiger partial charge in [0, 0.05) is 31.5 Å². The lowest BCUT2D eigenvalue weighted by Gasteiger charge is -2.43. The van der Waals surface area contributed by atoms with Gasteiger partial charge in [-0.25, -0.2) is 4.79 Å². The minimum absolute atomic E-state index is 0.0238. The highest BCUT2D eigenvalue weighted by atomic mass is 28.4. The van der Waals surface area contributed by atoms with Crippen molar-refractivity contribution in [3.63, 3.8) is 0 Å². The van der Waals surface area contributed by atoms with Crippen molar-refractivity contribution in [1.29, 1.82) is 0 Å². The summed E-state index contributed by atoms with van der Waals surface area (Å²) in [6.45, 7) is 67.3. The van der Waals surface area contributed by atoms with E-state index in [2.05, 4.69) is 219 Å². The van der Waals surface area contributed by atoms with E-state index in [0.29, 0.717) is 22.8 Å². The summed E-state index contributed by atoms with van der Waals surface area (Å²) in [5.41, 5.74) is 8.56. The van der Waals surface area contributed by atoms with Crippen molar-refractivity contribution < 1.29 is 60.1 Å². The topological polar surface area (TPSA) is 236 Å². The highest BCUT2D eigenvalue weighted by Gasteiger charge is 2.54. The fourth-order valence-electron chi connectivity index (χ4n) is 10.7. The Bertz CT molecular complexity index is 3450. The molecule has 19 nitrogen and oxygen atoms in total. The molecule has 9 unspecified atom stereocenters. The third kappa shape index (κ3) is 22.6. The third-order valence-corrected chi connectivity index (χ3v) is 50.3. The molecule has 103 heavy (non-hydrogen) atoms. The van der Waals surface area contributed by atoms with Gasteiger partial charge in [0.25, 0.3) is 0 Å². The second kappa shape index (κ2) is 32.6. The van der Waals surface area contributed by atoms with Gasteiger partial charge in [0.2, 0.25) is 54.5 Å². The molecule has 2 aliphatic heterocycles. The number of carbonyl (C=O) groups is 6. The lowest BCUT2D eigenvalue weighted by molar-refractivity contribution is -0.145. The quantitative estimate of drug-likeness (QED) is 0.0496. The number of hydrogen-bond donors (Lipinski definition) is 4. The Kier molecular flexibility index (Phi) is 27.9. The maximum absolute atomic E-state index is 16.6. The van der Waals surface area contributed by atoms with Gasteiger partial charge in [-0.15, -0.1) is 0 Å². The summed E-state index contributed by atoms with van der Waals surface area (Å²) in [4.78, 5) is 96.1. The number of carbonyl (C=O) groups excluding carboxylic acids is 6. The molecule has 578 valence electrons. The van der Waals surface area contributed by atoms with Crippen molar-refractivity contribution in [3.05, 3.63) is 108 Å². The van der Waals surface area contributed by atoms with Gasteiger partial charge in [-0.2, -0.15) is 0 Å². The minimum Gasteiger partial charge on any atom is -0.545 e. The molecule has 2 heterocycles. The average Bonchev–Trinajstić information content (AvgIpc) is 1.64. The van der Waals surface area contributed by atoms with E-state index in [1.54, 1.807) is 13.1 Å². The van der Waals surface area contributed by atoms with E-state index >= 15 is 19.2 Å². The number of primary amides is 1. The standard InChI is InChI=1S/C78H134N6O13Si6/c1-52-49-84(65(67(79)85)66(52)97-103(31,32)78(18,19)20)71(89)63(53(2)92-98(21,22)73(3,4)5)81-69(87)64(62(96-102(29,30)77(15,16)17)47-55-40-44-58(45-41-55)94-100(25,26)75(9,10)11)82-68(86)61-48-59(95-101(27,28)76(12,13)14)50-83(61)70(88)60(80-72(90)91-51-56-36-34-33-35-37-56)46-54-38-42-57(43-39-54)93-99(23,24)74(6,7)8/h33-45,50,52-53,60-66H,46-49,51H2,1-32H3,(H2,79,85)(H,80,90)(H,81,87)(H,82,86). The number of likely N-dealkylation sites (tertiary alicyclic amines) is 1. The van der Waals surface area contributed by atoms with E-state index in [4.69, 9.17) is 37.0 Å². The van der Waals surface area contributed by atoms with Crippen molar-refractivity contribution in [2.45, 2.75) is 322 Å². The number of nitrogens with zero attached hydrogens (tertiary/aromatic N) is 2. The Hall–Kier alpha value is -5.40. The van der Waals surface area contributed by atoms with Gasteiger partial charge in [0.15, 0.2) is 25.0 Å². The number of benzene rings is 3. The number of nitrogens with two attached hydrogens (primary N) is 1. The molecule has 0 bridgehead atoms. The van der Waals surface area contributed by atoms with Crippen molar-refractivity contribution in [3.8, 4) is 11.5 Å². The molecular formula is C78H134N6O13Si6. The minimum atomic E-state index is -2.97. The zero-order chi connectivity index (χ0) is 78.8. The van der Waals surface area contributed by atoms with E-state index < -0.39 is 139 Å². The van der Waals surface area contributed by atoms with Crippen molar-refractivity contribution >= 4 is 85.5 Å². The van der Waals surface area contributed by atoms with Gasteiger partial charge in [0.05, 0.1) is 24.1 Å². The van der Waals surface area contributed by atoms with Crippen LogP contribution in [-0.4, -0.2) is 150 Å². The summed E-state index contributed by atoms with van der Waals surface area (Å²) in [7, 11) is -15.6. The average molecular weight is 1530 g/mol. The second-order valence-corrected chi connectivity index (χ2v) is 66.7. The molecule has 0 spiro atoms. The number of rotatable bonds is 28. The number of ether oxygens (including phenoxy) is 1. The molecule has 2 aliphatic rings. The maximum atomic E-state index is 16.6. The zero-order valence-corrected chi connectivity index (χ0v) is 75.1. The monoisotopic (exact) mass is 1530 g/mol. The molecule has 6 amide bonds. The van der Waals surface area contributed by atoms with E-state index in [0.717, 1.165) is 11.1 Å². The Labute approximate surface area is 626 Å². The lowest BCUT2D eigenvalue weighted by atomic mass is 9.99. The van der Waals surface area contributed by atoms with Gasteiger partial charge in [-0.1, -0.05) is 186 Å². The van der Waals surface area contributed by atoms with Gasteiger partial charge < -0.3 is 62.8 Å². The van der Waals surface area contributed by atoms with Crippen LogP contribution in [0.1, 0.15) is 162 Å². The summed E-state index contributed by atoms with van der Waals surface area (Å²) in [6.07, 6.45) is -2.22. The number of nitrogens with one attached hydrogen (secondary N) is 3.